The van der Waals surface area contributed by atoms with Crippen molar-refractivity contribution in [1.29, 1.82) is 0 Å². The molecule has 1 heterocycles. The average molecular weight is 427 g/mol. The molecular formula is C25H38N4O2. The number of amidine groups is 1. The number of methoxy groups -OCH3 is 1. The van der Waals surface area contributed by atoms with Crippen molar-refractivity contribution in [3.63, 3.8) is 0 Å². The van der Waals surface area contributed by atoms with Crippen LogP contribution in [0.3, 0.4) is 0 Å². The smallest absolute Gasteiger partial charge is 0.152 e. The highest BCUT2D eigenvalue weighted by Gasteiger charge is 2.18. The van der Waals surface area contributed by atoms with Crippen molar-refractivity contribution < 1.29 is 9.84 Å². The zero-order chi connectivity index (χ0) is 23.0. The van der Waals surface area contributed by atoms with E-state index in [2.05, 4.69) is 28.4 Å². The third-order valence-corrected chi connectivity index (χ3v) is 5.30. The number of hydrogen-bond donors (Lipinski definition) is 3. The van der Waals surface area contributed by atoms with E-state index in [1.54, 1.807) is 21.0 Å². The normalized spacial score (nSPS) is 13.3. The molecule has 0 spiro atoms. The van der Waals surface area contributed by atoms with Gasteiger partial charge in [0.15, 0.2) is 5.82 Å². The number of nitrogens with zero attached hydrogens (tertiary/aromatic N) is 2. The van der Waals surface area contributed by atoms with Gasteiger partial charge in [0.1, 0.15) is 11.6 Å². The number of ether oxygens (including phenoxy) is 1. The van der Waals surface area contributed by atoms with Crippen molar-refractivity contribution in [2.24, 2.45) is 10.7 Å². The van der Waals surface area contributed by atoms with E-state index in [0.717, 1.165) is 59.1 Å². The molecule has 0 aliphatic heterocycles. The summed E-state index contributed by atoms with van der Waals surface area (Å²) in [5.74, 6) is 2.06. The van der Waals surface area contributed by atoms with E-state index in [1.165, 1.54) is 0 Å². The Morgan fingerprint density at radius 2 is 2.00 bits per heavy atom. The molecule has 1 aromatic heterocycles. The number of nitrogens with two attached hydrogens (primary N) is 1. The molecule has 0 fully saturated rings. The highest BCUT2D eigenvalue weighted by Crippen LogP contribution is 2.27. The van der Waals surface area contributed by atoms with E-state index in [9.17, 15) is 5.11 Å². The van der Waals surface area contributed by atoms with E-state index in [4.69, 9.17) is 10.5 Å². The number of rotatable bonds is 11. The summed E-state index contributed by atoms with van der Waals surface area (Å²) in [4.78, 5) is 4.66. The predicted octanol–water partition coefficient (Wildman–Crippen LogP) is 2.80. The Hall–Kier alpha value is -2.73. The highest BCUT2D eigenvalue weighted by molar-refractivity contribution is 5.83. The van der Waals surface area contributed by atoms with Crippen molar-refractivity contribution >= 4 is 18.2 Å². The molecule has 0 bridgehead atoms. The lowest BCUT2D eigenvalue weighted by molar-refractivity contribution is 0.0783. The molecule has 2 rings (SSSR count). The van der Waals surface area contributed by atoms with E-state index in [-0.39, 0.29) is 0 Å². The SMILES string of the molecule is C=c1ccn(Cc2ccc(C(C)(C)O)cc2OC)/c1=C(/N=C(/N)CC)NCCCCC. The molecule has 31 heavy (non-hydrogen) atoms. The minimum atomic E-state index is -0.930. The second-order valence-corrected chi connectivity index (χ2v) is 8.34. The van der Waals surface area contributed by atoms with Gasteiger partial charge in [0, 0.05) is 24.7 Å². The molecule has 0 amide bonds. The Kier molecular flexibility index (Phi) is 8.75. The number of unbranched alkanes of at least 4 members (excludes halogenated alkanes) is 2. The Labute approximate surface area is 186 Å². The molecule has 6 heteroatoms. The van der Waals surface area contributed by atoms with Crippen LogP contribution in [0.15, 0.2) is 35.5 Å². The van der Waals surface area contributed by atoms with Gasteiger partial charge in [-0.25, -0.2) is 4.99 Å². The van der Waals surface area contributed by atoms with Gasteiger partial charge in [-0.15, -0.1) is 0 Å². The van der Waals surface area contributed by atoms with Gasteiger partial charge in [-0.2, -0.15) is 0 Å². The quantitative estimate of drug-likeness (QED) is 0.293. The van der Waals surface area contributed by atoms with Crippen LogP contribution in [-0.4, -0.2) is 29.2 Å². The van der Waals surface area contributed by atoms with Gasteiger partial charge in [0.05, 0.1) is 24.6 Å². The largest absolute Gasteiger partial charge is 0.496 e. The fourth-order valence-electron chi connectivity index (χ4n) is 3.36. The second kappa shape index (κ2) is 11.0. The van der Waals surface area contributed by atoms with Crippen LogP contribution in [0.1, 0.15) is 64.5 Å². The first-order valence-electron chi connectivity index (χ1n) is 11.1. The molecule has 0 saturated carbocycles. The summed E-state index contributed by atoms with van der Waals surface area (Å²) in [7, 11) is 1.65. The Balaban J connectivity index is 2.51. The lowest BCUT2D eigenvalue weighted by Gasteiger charge is -2.20. The van der Waals surface area contributed by atoms with Crippen LogP contribution in [0.5, 0.6) is 5.75 Å². The third kappa shape index (κ3) is 6.62. The molecule has 0 aliphatic rings. The number of aliphatic hydroxyl groups is 1. The lowest BCUT2D eigenvalue weighted by atomic mass is 9.96. The van der Waals surface area contributed by atoms with Crippen LogP contribution in [0, 0.1) is 0 Å². The summed E-state index contributed by atoms with van der Waals surface area (Å²) < 4.78 is 7.73. The van der Waals surface area contributed by atoms with Gasteiger partial charge in [0.25, 0.3) is 0 Å². The molecule has 0 unspecified atom stereocenters. The van der Waals surface area contributed by atoms with Crippen LogP contribution in [0.25, 0.3) is 12.4 Å². The topological polar surface area (TPSA) is 84.8 Å². The van der Waals surface area contributed by atoms with E-state index >= 15 is 0 Å². The van der Waals surface area contributed by atoms with Crippen molar-refractivity contribution in [3.8, 4) is 5.75 Å². The standard InChI is InChI=1S/C25H38N4O2/c1-7-9-10-14-27-24(28-22(26)8-2)23-18(3)13-15-29(23)17-19-11-12-20(25(4,5)30)16-21(19)31-6/h11-13,15-16,27,30H,3,7-10,14,17H2,1-2,4-6H3,(H2,26,28)/b24-23+. The predicted molar refractivity (Wildman–Crippen MR) is 129 cm³/mol. The van der Waals surface area contributed by atoms with Gasteiger partial charge in [-0.1, -0.05) is 45.4 Å². The van der Waals surface area contributed by atoms with Gasteiger partial charge in [-0.3, -0.25) is 0 Å². The summed E-state index contributed by atoms with van der Waals surface area (Å²) in [5, 5.41) is 15.6. The van der Waals surface area contributed by atoms with Crippen molar-refractivity contribution in [2.75, 3.05) is 13.7 Å². The Bertz CT molecular complexity index is 1000. The fourth-order valence-corrected chi connectivity index (χ4v) is 3.36. The first-order chi connectivity index (χ1) is 14.7. The molecular weight excluding hydrogens is 388 g/mol. The van der Waals surface area contributed by atoms with E-state index < -0.39 is 5.60 Å². The highest BCUT2D eigenvalue weighted by atomic mass is 16.5. The summed E-state index contributed by atoms with van der Waals surface area (Å²) in [6.45, 7) is 13.3. The van der Waals surface area contributed by atoms with Crippen LogP contribution in [0.4, 0.5) is 0 Å². The van der Waals surface area contributed by atoms with Gasteiger partial charge < -0.3 is 25.5 Å². The molecule has 170 valence electrons. The molecule has 0 saturated heterocycles. The first kappa shape index (κ1) is 24.5. The first-order valence-corrected chi connectivity index (χ1v) is 11.1. The number of nitrogens with one attached hydrogen (secondary N) is 1. The van der Waals surface area contributed by atoms with Gasteiger partial charge in [0.2, 0.25) is 0 Å². The zero-order valence-electron chi connectivity index (χ0n) is 19.7. The Morgan fingerprint density at radius 3 is 2.61 bits per heavy atom. The second-order valence-electron chi connectivity index (χ2n) is 8.34. The molecule has 1 aromatic carbocycles. The lowest BCUT2D eigenvalue weighted by Crippen LogP contribution is -2.36. The number of hydrogen-bond acceptors (Lipinski definition) is 4. The molecule has 0 aliphatic carbocycles. The monoisotopic (exact) mass is 426 g/mol. The van der Waals surface area contributed by atoms with Gasteiger partial charge >= 0.3 is 0 Å². The molecule has 0 atom stereocenters. The van der Waals surface area contributed by atoms with Crippen LogP contribution in [0.2, 0.25) is 0 Å². The Morgan fingerprint density at radius 1 is 1.26 bits per heavy atom. The van der Waals surface area contributed by atoms with E-state index in [1.807, 2.05) is 37.4 Å². The average Bonchev–Trinajstić information content (AvgIpc) is 3.09. The number of aliphatic imine (C=N–C) groups is 1. The van der Waals surface area contributed by atoms with Crippen LogP contribution >= 0.6 is 0 Å². The maximum atomic E-state index is 10.3. The van der Waals surface area contributed by atoms with Crippen molar-refractivity contribution in [1.82, 2.24) is 9.88 Å². The minimum Gasteiger partial charge on any atom is -0.496 e. The summed E-state index contributed by atoms with van der Waals surface area (Å²) in [5.41, 5.74) is 6.97. The number of aromatic nitrogens is 1. The van der Waals surface area contributed by atoms with Crippen molar-refractivity contribution in [2.45, 2.75) is 65.5 Å². The van der Waals surface area contributed by atoms with Gasteiger partial charge in [-0.05, 0) is 43.2 Å². The third-order valence-electron chi connectivity index (χ3n) is 5.30. The summed E-state index contributed by atoms with van der Waals surface area (Å²) >= 11 is 0. The summed E-state index contributed by atoms with van der Waals surface area (Å²) in [6.07, 6.45) is 6.08. The maximum Gasteiger partial charge on any atom is 0.152 e. The van der Waals surface area contributed by atoms with Crippen LogP contribution in [-0.2, 0) is 12.1 Å². The fraction of sp³-hybridized carbons (Fsp3) is 0.480. The maximum absolute atomic E-state index is 10.3. The molecule has 4 N–H and O–H groups in total. The van der Waals surface area contributed by atoms with Crippen molar-refractivity contribution in [3.05, 3.63) is 52.2 Å². The molecule has 6 nitrogen and oxygen atoms in total. The summed E-state index contributed by atoms with van der Waals surface area (Å²) in [6, 6.07) is 7.81. The zero-order valence-corrected chi connectivity index (χ0v) is 19.7. The number of benzene rings is 1. The minimum absolute atomic E-state index is 0.581. The molecule has 0 radical (unpaired) electrons. The van der Waals surface area contributed by atoms with Crippen LogP contribution < -0.4 is 26.4 Å². The van der Waals surface area contributed by atoms with E-state index in [0.29, 0.717) is 18.8 Å². The molecule has 2 aromatic rings.